The highest BCUT2D eigenvalue weighted by molar-refractivity contribution is 7.53. The normalized spacial score (nSPS) is 20.7. The van der Waals surface area contributed by atoms with Crippen molar-refractivity contribution >= 4 is 19.3 Å². The van der Waals surface area contributed by atoms with Crippen LogP contribution in [0.5, 0.6) is 0 Å². The Labute approximate surface area is 158 Å². The van der Waals surface area contributed by atoms with Crippen molar-refractivity contribution in [3.05, 3.63) is 22.7 Å². The Morgan fingerprint density at radius 2 is 2.07 bits per heavy atom. The van der Waals surface area contributed by atoms with E-state index in [-0.39, 0.29) is 23.9 Å². The Kier molecular flexibility index (Phi) is 7.69. The standard InChI is InChI=1S/C16H27N4O6P/c1-5-24-27(23,25-6-2)10-8-13-11-15(26-19(13)4)20-9-7-14(17-12(3)21)18-16(20)22/h7,9,13,15H,5-6,8,10-11H2,1-4H3,(H,17,18,21,22)/t13-,15?/m0/s1. The highest BCUT2D eigenvalue weighted by atomic mass is 31.2. The van der Waals surface area contributed by atoms with Gasteiger partial charge in [0, 0.05) is 32.6 Å². The second-order valence-electron chi connectivity index (χ2n) is 6.14. The van der Waals surface area contributed by atoms with Gasteiger partial charge in [-0.05, 0) is 26.3 Å². The Hall–Kier alpha value is -1.58. The van der Waals surface area contributed by atoms with E-state index >= 15 is 0 Å². The molecule has 0 aromatic carbocycles. The van der Waals surface area contributed by atoms with Crippen molar-refractivity contribution in [2.24, 2.45) is 0 Å². The largest absolute Gasteiger partial charge is 0.351 e. The third-order valence-electron chi connectivity index (χ3n) is 4.11. The number of hydrogen-bond donors (Lipinski definition) is 1. The molecular weight excluding hydrogens is 375 g/mol. The van der Waals surface area contributed by atoms with E-state index in [9.17, 15) is 14.2 Å². The van der Waals surface area contributed by atoms with Crippen LogP contribution in [0, 0.1) is 0 Å². The van der Waals surface area contributed by atoms with Crippen LogP contribution in [0.25, 0.3) is 0 Å². The topological polar surface area (TPSA) is 112 Å². The first kappa shape index (κ1) is 21.7. The van der Waals surface area contributed by atoms with E-state index in [1.807, 2.05) is 0 Å². The van der Waals surface area contributed by atoms with Gasteiger partial charge < -0.3 is 14.4 Å². The van der Waals surface area contributed by atoms with E-state index in [1.54, 1.807) is 26.0 Å². The number of nitrogens with one attached hydrogen (secondary N) is 1. The fourth-order valence-corrected chi connectivity index (χ4v) is 4.65. The summed E-state index contributed by atoms with van der Waals surface area (Å²) in [5, 5.41) is 4.12. The van der Waals surface area contributed by atoms with Gasteiger partial charge in [0.2, 0.25) is 5.91 Å². The molecule has 1 aliphatic rings. The highest BCUT2D eigenvalue weighted by Crippen LogP contribution is 2.49. The van der Waals surface area contributed by atoms with Crippen LogP contribution < -0.4 is 11.0 Å². The summed E-state index contributed by atoms with van der Waals surface area (Å²) in [4.78, 5) is 32.9. The minimum atomic E-state index is -3.12. The lowest BCUT2D eigenvalue weighted by atomic mass is 10.1. The molecule has 1 aromatic rings. The number of anilines is 1. The monoisotopic (exact) mass is 402 g/mol. The third-order valence-corrected chi connectivity index (χ3v) is 6.22. The van der Waals surface area contributed by atoms with Gasteiger partial charge in [-0.1, -0.05) is 0 Å². The molecule has 1 fully saturated rings. The van der Waals surface area contributed by atoms with Crippen LogP contribution in [0.1, 0.15) is 39.8 Å². The zero-order chi connectivity index (χ0) is 20.0. The molecule has 2 heterocycles. The summed E-state index contributed by atoms with van der Waals surface area (Å²) in [5.74, 6) is -0.106. The molecule has 27 heavy (non-hydrogen) atoms. The van der Waals surface area contributed by atoms with Gasteiger partial charge >= 0.3 is 13.3 Å². The van der Waals surface area contributed by atoms with Crippen molar-refractivity contribution in [1.82, 2.24) is 14.6 Å². The molecule has 11 heteroatoms. The predicted molar refractivity (Wildman–Crippen MR) is 99.4 cm³/mol. The minimum Gasteiger partial charge on any atom is -0.311 e. The van der Waals surface area contributed by atoms with Gasteiger partial charge in [0.15, 0.2) is 6.23 Å². The molecule has 1 aliphatic heterocycles. The summed E-state index contributed by atoms with van der Waals surface area (Å²) in [6.45, 7) is 5.53. The van der Waals surface area contributed by atoms with Gasteiger partial charge in [-0.25, -0.2) is 4.79 Å². The van der Waals surface area contributed by atoms with E-state index in [0.717, 1.165) is 0 Å². The van der Waals surface area contributed by atoms with Crippen LogP contribution in [-0.2, 0) is 23.2 Å². The van der Waals surface area contributed by atoms with Gasteiger partial charge in [-0.2, -0.15) is 10.0 Å². The van der Waals surface area contributed by atoms with Crippen LogP contribution in [0.4, 0.5) is 5.82 Å². The molecular formula is C16H27N4O6P. The van der Waals surface area contributed by atoms with E-state index in [0.29, 0.717) is 26.1 Å². The number of hydroxylamine groups is 2. The van der Waals surface area contributed by atoms with E-state index in [2.05, 4.69) is 10.3 Å². The molecule has 0 radical (unpaired) electrons. The summed E-state index contributed by atoms with van der Waals surface area (Å²) in [5.41, 5.74) is -0.519. The first-order valence-electron chi connectivity index (χ1n) is 8.92. The van der Waals surface area contributed by atoms with Crippen LogP contribution in [0.15, 0.2) is 17.1 Å². The molecule has 152 valence electrons. The second-order valence-corrected chi connectivity index (χ2v) is 8.32. The van der Waals surface area contributed by atoms with Crippen LogP contribution in [0.2, 0.25) is 0 Å². The molecule has 2 rings (SSSR count). The molecule has 10 nitrogen and oxygen atoms in total. The molecule has 0 bridgehead atoms. The smallest absolute Gasteiger partial charge is 0.311 e. The number of rotatable bonds is 9. The Morgan fingerprint density at radius 3 is 2.63 bits per heavy atom. The van der Waals surface area contributed by atoms with Crippen molar-refractivity contribution in [3.63, 3.8) is 0 Å². The lowest BCUT2D eigenvalue weighted by Crippen LogP contribution is -2.28. The Bertz CT molecular complexity index is 745. The first-order chi connectivity index (χ1) is 12.8. The van der Waals surface area contributed by atoms with E-state index in [1.165, 1.54) is 23.8 Å². The lowest BCUT2D eigenvalue weighted by molar-refractivity contribution is -0.166. The number of aromatic nitrogens is 2. The summed E-state index contributed by atoms with van der Waals surface area (Å²) >= 11 is 0. The van der Waals surface area contributed by atoms with Gasteiger partial charge in [-0.3, -0.25) is 18.8 Å². The first-order valence-corrected chi connectivity index (χ1v) is 10.6. The maximum absolute atomic E-state index is 12.6. The number of nitrogens with zero attached hydrogens (tertiary/aromatic N) is 3. The van der Waals surface area contributed by atoms with Gasteiger partial charge in [0.05, 0.1) is 19.4 Å². The molecule has 1 N–H and O–H groups in total. The maximum Gasteiger partial charge on any atom is 0.351 e. The summed E-state index contributed by atoms with van der Waals surface area (Å²) < 4.78 is 24.6. The molecule has 1 saturated heterocycles. The minimum absolute atomic E-state index is 0.0499. The average Bonchev–Trinajstić information content (AvgIpc) is 2.94. The van der Waals surface area contributed by atoms with E-state index < -0.39 is 19.5 Å². The lowest BCUT2D eigenvalue weighted by Gasteiger charge is -2.21. The Morgan fingerprint density at radius 1 is 1.41 bits per heavy atom. The SMILES string of the molecule is CCOP(=O)(CC[C@H]1CC(n2ccc(NC(C)=O)nc2=O)ON1C)OCC. The maximum atomic E-state index is 12.6. The molecule has 2 atom stereocenters. The van der Waals surface area contributed by atoms with Gasteiger partial charge in [0.25, 0.3) is 0 Å². The van der Waals surface area contributed by atoms with Crippen LogP contribution in [-0.4, -0.2) is 53.0 Å². The fourth-order valence-electron chi connectivity index (χ4n) is 2.91. The Balaban J connectivity index is 2.02. The van der Waals surface area contributed by atoms with Crippen LogP contribution >= 0.6 is 7.60 Å². The third kappa shape index (κ3) is 5.95. The second kappa shape index (κ2) is 9.57. The molecule has 0 spiro atoms. The number of carbonyl (C=O) groups is 1. The zero-order valence-electron chi connectivity index (χ0n) is 16.1. The zero-order valence-corrected chi connectivity index (χ0v) is 17.0. The predicted octanol–water partition coefficient (Wildman–Crippen LogP) is 1.99. The number of carbonyl (C=O) groups excluding carboxylic acids is 1. The average molecular weight is 402 g/mol. The molecule has 0 saturated carbocycles. The summed E-state index contributed by atoms with van der Waals surface area (Å²) in [7, 11) is -1.36. The number of amides is 1. The van der Waals surface area contributed by atoms with Crippen molar-refractivity contribution in [2.75, 3.05) is 31.7 Å². The van der Waals surface area contributed by atoms with Gasteiger partial charge in [-0.15, -0.1) is 0 Å². The molecule has 1 aromatic heterocycles. The molecule has 1 amide bonds. The quantitative estimate of drug-likeness (QED) is 0.624. The van der Waals surface area contributed by atoms with Crippen molar-refractivity contribution in [3.8, 4) is 0 Å². The summed E-state index contributed by atoms with van der Waals surface area (Å²) in [6, 6.07) is 1.49. The summed E-state index contributed by atoms with van der Waals surface area (Å²) in [6.07, 6.45) is 2.35. The number of hydrogen-bond acceptors (Lipinski definition) is 8. The fraction of sp³-hybridized carbons (Fsp3) is 0.688. The van der Waals surface area contributed by atoms with Crippen molar-refractivity contribution in [2.45, 2.75) is 45.9 Å². The van der Waals surface area contributed by atoms with Crippen LogP contribution in [0.3, 0.4) is 0 Å². The van der Waals surface area contributed by atoms with Crippen molar-refractivity contribution < 1.29 is 23.2 Å². The van der Waals surface area contributed by atoms with Gasteiger partial charge in [0.1, 0.15) is 5.82 Å². The molecule has 0 aliphatic carbocycles. The van der Waals surface area contributed by atoms with Crippen molar-refractivity contribution in [1.29, 1.82) is 0 Å². The van der Waals surface area contributed by atoms with E-state index in [4.69, 9.17) is 13.9 Å². The highest BCUT2D eigenvalue weighted by Gasteiger charge is 2.35. The molecule has 1 unspecified atom stereocenters.